The zero-order valence-electron chi connectivity index (χ0n) is 26.5. The molecule has 0 bridgehead atoms. The summed E-state index contributed by atoms with van der Waals surface area (Å²) in [6.45, 7) is 12.7. The Morgan fingerprint density at radius 1 is 0.405 bits per heavy atom. The fourth-order valence-electron chi connectivity index (χ4n) is 4.84. The van der Waals surface area contributed by atoms with Gasteiger partial charge in [0.05, 0.1) is 26.4 Å². The Labute approximate surface area is 252 Å². The van der Waals surface area contributed by atoms with Crippen molar-refractivity contribution < 1.29 is 20.4 Å². The smallest absolute Gasteiger partial charge is 0.228 e. The molecule has 0 atom stereocenters. The maximum atomic E-state index is 9.82. The molecule has 0 saturated carbocycles. The van der Waals surface area contributed by atoms with Gasteiger partial charge < -0.3 is 40.0 Å². The van der Waals surface area contributed by atoms with E-state index in [9.17, 15) is 20.4 Å². The summed E-state index contributed by atoms with van der Waals surface area (Å²) in [7, 11) is 0. The second-order valence-corrected chi connectivity index (χ2v) is 10.6. The zero-order valence-corrected chi connectivity index (χ0v) is 26.5. The number of unbranched alkanes of at least 4 members (excludes halogenated alkanes) is 4. The van der Waals surface area contributed by atoms with Crippen LogP contribution in [0, 0.1) is 0 Å². The molecule has 0 spiro atoms. The summed E-state index contributed by atoms with van der Waals surface area (Å²) in [6, 6.07) is 0. The van der Waals surface area contributed by atoms with Crippen molar-refractivity contribution in [3.8, 4) is 0 Å². The van der Waals surface area contributed by atoms with Crippen LogP contribution < -0.4 is 19.6 Å². The van der Waals surface area contributed by atoms with Crippen LogP contribution in [-0.2, 0) is 0 Å². The van der Waals surface area contributed by atoms with Crippen LogP contribution in [0.2, 0.25) is 0 Å². The predicted molar refractivity (Wildman–Crippen MR) is 172 cm³/mol. The molecule has 0 radical (unpaired) electrons. The second-order valence-electron chi connectivity index (χ2n) is 10.6. The first-order valence-corrected chi connectivity index (χ1v) is 16.1. The highest BCUT2D eigenvalue weighted by Gasteiger charge is 2.25. The van der Waals surface area contributed by atoms with Crippen LogP contribution in [0.5, 0.6) is 0 Å². The van der Waals surface area contributed by atoms with E-state index in [0.29, 0.717) is 60.7 Å². The van der Waals surface area contributed by atoms with Crippen molar-refractivity contribution >= 4 is 34.6 Å². The summed E-state index contributed by atoms with van der Waals surface area (Å²) < 4.78 is 0. The molecule has 2 heterocycles. The predicted octanol–water partition coefficient (Wildman–Crippen LogP) is 2.82. The van der Waals surface area contributed by atoms with Gasteiger partial charge in [0.25, 0.3) is 0 Å². The van der Waals surface area contributed by atoms with E-state index in [1.54, 1.807) is 0 Å². The number of hydrogen-bond donors (Lipinski definition) is 4. The molecule has 0 aromatic carbocycles. The van der Waals surface area contributed by atoms with Gasteiger partial charge in [0.15, 0.2) is 11.6 Å². The molecule has 12 nitrogen and oxygen atoms in total. The highest BCUT2D eigenvalue weighted by Crippen LogP contribution is 2.33. The van der Waals surface area contributed by atoms with Crippen LogP contribution >= 0.6 is 0 Å². The first kappa shape index (κ1) is 35.7. The van der Waals surface area contributed by atoms with Crippen molar-refractivity contribution in [2.75, 3.05) is 98.4 Å². The standard InChI is InChI=1S/C30H56N8O4/c1-5-9-13-35(14-10-6-2)27-25-26(32-29(33-27)37(17-21-39)18-22-40)28(36(15-11-7-3)16-12-8-4)34-30(31-25)38(19-23-41)20-24-42/h39-42H,5-24H2,1-4H3. The van der Waals surface area contributed by atoms with Crippen molar-refractivity contribution in [2.24, 2.45) is 0 Å². The molecule has 12 heteroatoms. The van der Waals surface area contributed by atoms with Gasteiger partial charge in [-0.3, -0.25) is 0 Å². The molecular formula is C30H56N8O4. The maximum absolute atomic E-state index is 9.82. The van der Waals surface area contributed by atoms with Crippen molar-refractivity contribution in [3.05, 3.63) is 0 Å². The van der Waals surface area contributed by atoms with E-state index < -0.39 is 0 Å². The van der Waals surface area contributed by atoms with Gasteiger partial charge in [-0.1, -0.05) is 53.4 Å². The summed E-state index contributed by atoms with van der Waals surface area (Å²) >= 11 is 0. The number of nitrogens with zero attached hydrogens (tertiary/aromatic N) is 8. The average molecular weight is 593 g/mol. The molecule has 0 aliphatic rings. The molecule has 4 N–H and O–H groups in total. The molecule has 240 valence electrons. The number of anilines is 4. The van der Waals surface area contributed by atoms with Crippen LogP contribution in [0.15, 0.2) is 0 Å². The summed E-state index contributed by atoms with van der Waals surface area (Å²) in [5, 5.41) is 39.3. The molecule has 2 aromatic rings. The quantitative estimate of drug-likeness (QED) is 0.142. The largest absolute Gasteiger partial charge is 0.395 e. The third kappa shape index (κ3) is 10.3. The molecule has 2 aromatic heterocycles. The van der Waals surface area contributed by atoms with Gasteiger partial charge in [-0.2, -0.15) is 9.97 Å². The van der Waals surface area contributed by atoms with Crippen molar-refractivity contribution in [1.29, 1.82) is 0 Å². The Kier molecular flexibility index (Phi) is 17.3. The molecule has 0 fully saturated rings. The third-order valence-corrected chi connectivity index (χ3v) is 7.25. The van der Waals surface area contributed by atoms with E-state index in [-0.39, 0.29) is 26.4 Å². The van der Waals surface area contributed by atoms with Crippen molar-refractivity contribution in [3.63, 3.8) is 0 Å². The van der Waals surface area contributed by atoms with Crippen molar-refractivity contribution in [2.45, 2.75) is 79.1 Å². The van der Waals surface area contributed by atoms with Crippen molar-refractivity contribution in [1.82, 2.24) is 19.9 Å². The monoisotopic (exact) mass is 592 g/mol. The molecule has 0 saturated heterocycles. The highest BCUT2D eigenvalue weighted by molar-refractivity contribution is 5.95. The van der Waals surface area contributed by atoms with Crippen LogP contribution in [0.1, 0.15) is 79.1 Å². The minimum absolute atomic E-state index is 0.0924. The van der Waals surface area contributed by atoms with Gasteiger partial charge in [0, 0.05) is 52.4 Å². The second kappa shape index (κ2) is 20.4. The normalized spacial score (nSPS) is 11.3. The highest BCUT2D eigenvalue weighted by atomic mass is 16.3. The van der Waals surface area contributed by atoms with Crippen LogP contribution in [0.25, 0.3) is 11.0 Å². The van der Waals surface area contributed by atoms with E-state index in [4.69, 9.17) is 19.9 Å². The lowest BCUT2D eigenvalue weighted by Gasteiger charge is -2.30. The lowest BCUT2D eigenvalue weighted by Crippen LogP contribution is -2.35. The van der Waals surface area contributed by atoms with Crippen LogP contribution in [0.4, 0.5) is 23.5 Å². The molecular weight excluding hydrogens is 536 g/mol. The maximum Gasteiger partial charge on any atom is 0.228 e. The lowest BCUT2D eigenvalue weighted by atomic mass is 10.2. The van der Waals surface area contributed by atoms with Gasteiger partial charge in [-0.25, -0.2) is 9.97 Å². The molecule has 0 aliphatic carbocycles. The fraction of sp³-hybridized carbons (Fsp3) is 0.800. The van der Waals surface area contributed by atoms with Crippen LogP contribution in [0.3, 0.4) is 0 Å². The van der Waals surface area contributed by atoms with Gasteiger partial charge in [-0.05, 0) is 25.7 Å². The number of hydrogen-bond acceptors (Lipinski definition) is 12. The number of aliphatic hydroxyl groups is 4. The average Bonchev–Trinajstić information content (AvgIpc) is 3.00. The zero-order chi connectivity index (χ0) is 30.7. The molecule has 2 rings (SSSR count). The minimum atomic E-state index is -0.0924. The summed E-state index contributed by atoms with van der Waals surface area (Å²) in [5.74, 6) is 2.29. The number of aliphatic hydroxyl groups excluding tert-OH is 4. The SMILES string of the molecule is CCCCN(CCCC)c1nc(N(CCO)CCO)nc2c(N(CCCC)CCCC)nc(N(CCO)CCO)nc12. The topological polar surface area (TPSA) is 145 Å². The number of rotatable bonds is 24. The summed E-state index contributed by atoms with van der Waals surface area (Å²) in [5.41, 5.74) is 1.27. The first-order valence-electron chi connectivity index (χ1n) is 16.1. The fourth-order valence-corrected chi connectivity index (χ4v) is 4.84. The summed E-state index contributed by atoms with van der Waals surface area (Å²) in [6.07, 6.45) is 8.11. The lowest BCUT2D eigenvalue weighted by molar-refractivity contribution is 0.279. The molecule has 0 unspecified atom stereocenters. The Morgan fingerprint density at radius 3 is 0.929 bits per heavy atom. The van der Waals surface area contributed by atoms with E-state index in [1.165, 1.54) is 0 Å². The third-order valence-electron chi connectivity index (χ3n) is 7.25. The summed E-state index contributed by atoms with van der Waals surface area (Å²) in [4.78, 5) is 28.3. The Balaban J connectivity index is 3.00. The first-order chi connectivity index (χ1) is 20.5. The molecule has 42 heavy (non-hydrogen) atoms. The van der Waals surface area contributed by atoms with Gasteiger partial charge in [-0.15, -0.1) is 0 Å². The van der Waals surface area contributed by atoms with E-state index >= 15 is 0 Å². The van der Waals surface area contributed by atoms with Gasteiger partial charge in [0.2, 0.25) is 11.9 Å². The minimum Gasteiger partial charge on any atom is -0.395 e. The Hall–Kier alpha value is -2.54. The molecule has 0 amide bonds. The van der Waals surface area contributed by atoms with Gasteiger partial charge in [0.1, 0.15) is 11.0 Å². The van der Waals surface area contributed by atoms with Gasteiger partial charge >= 0.3 is 0 Å². The Bertz CT molecular complexity index is 908. The Morgan fingerprint density at radius 2 is 0.690 bits per heavy atom. The van der Waals surface area contributed by atoms with E-state index in [1.807, 2.05) is 9.80 Å². The van der Waals surface area contributed by atoms with Crippen LogP contribution in [-0.4, -0.2) is 119 Å². The van der Waals surface area contributed by atoms with E-state index in [0.717, 1.165) is 77.5 Å². The number of fused-ring (bicyclic) bond motifs is 1. The molecule has 0 aliphatic heterocycles. The number of aromatic nitrogens is 4. The van der Waals surface area contributed by atoms with E-state index in [2.05, 4.69) is 37.5 Å².